The predicted molar refractivity (Wildman–Crippen MR) is 61.1 cm³/mol. The highest BCUT2D eigenvalue weighted by atomic mass is 16.3. The summed E-state index contributed by atoms with van der Waals surface area (Å²) in [5, 5.41) is 9.15. The number of hydrogen-bond donors (Lipinski definition) is 1. The van der Waals surface area contributed by atoms with Crippen LogP contribution in [-0.4, -0.2) is 11.7 Å². The maximum absolute atomic E-state index is 9.15. The molecule has 1 heteroatoms. The summed E-state index contributed by atoms with van der Waals surface area (Å²) in [4.78, 5) is 0. The molecule has 0 bridgehead atoms. The summed E-state index contributed by atoms with van der Waals surface area (Å²) in [6.07, 6.45) is 3.83. The van der Waals surface area contributed by atoms with Crippen LogP contribution in [0.4, 0.5) is 0 Å². The van der Waals surface area contributed by atoms with Crippen molar-refractivity contribution in [2.75, 3.05) is 6.61 Å². The molecule has 3 atom stereocenters. The first-order chi connectivity index (χ1) is 6.56. The lowest BCUT2D eigenvalue weighted by atomic mass is 9.68. The number of rotatable bonds is 3. The van der Waals surface area contributed by atoms with Crippen molar-refractivity contribution < 1.29 is 5.11 Å². The first-order valence-electron chi connectivity index (χ1n) is 5.84. The Labute approximate surface area is 88.2 Å². The zero-order valence-corrected chi connectivity index (χ0v) is 9.79. The summed E-state index contributed by atoms with van der Waals surface area (Å²) in [5.41, 5.74) is 1.05. The zero-order valence-electron chi connectivity index (χ0n) is 9.79. The second-order valence-corrected chi connectivity index (χ2v) is 5.25. The largest absolute Gasteiger partial charge is 0.392 e. The molecule has 0 amide bonds. The van der Waals surface area contributed by atoms with Gasteiger partial charge in [0.1, 0.15) is 0 Å². The molecule has 0 radical (unpaired) electrons. The highest BCUT2D eigenvalue weighted by molar-refractivity contribution is 5.05. The first-order valence-corrected chi connectivity index (χ1v) is 5.84. The minimum absolute atomic E-state index is 0.169. The van der Waals surface area contributed by atoms with Crippen molar-refractivity contribution >= 4 is 0 Å². The van der Waals surface area contributed by atoms with Crippen molar-refractivity contribution in [1.82, 2.24) is 0 Å². The molecule has 1 saturated carbocycles. The molecule has 14 heavy (non-hydrogen) atoms. The van der Waals surface area contributed by atoms with Gasteiger partial charge >= 0.3 is 0 Å². The van der Waals surface area contributed by atoms with E-state index < -0.39 is 0 Å². The SMILES string of the molecule is C=C(CO)[C@@H]1CC[C@@H](C)C[C@H]1C(C)C. The fraction of sp³-hybridized carbons (Fsp3) is 0.846. The molecule has 0 unspecified atom stereocenters. The van der Waals surface area contributed by atoms with Crippen molar-refractivity contribution in [3.63, 3.8) is 0 Å². The van der Waals surface area contributed by atoms with Crippen LogP contribution in [0, 0.1) is 23.7 Å². The lowest BCUT2D eigenvalue weighted by molar-refractivity contribution is 0.154. The van der Waals surface area contributed by atoms with Crippen molar-refractivity contribution in [1.29, 1.82) is 0 Å². The van der Waals surface area contributed by atoms with Gasteiger partial charge < -0.3 is 5.11 Å². The second kappa shape index (κ2) is 4.97. The van der Waals surface area contributed by atoms with Crippen molar-refractivity contribution in [3.05, 3.63) is 12.2 Å². The molecule has 0 aromatic heterocycles. The average molecular weight is 196 g/mol. The van der Waals surface area contributed by atoms with E-state index in [9.17, 15) is 0 Å². The van der Waals surface area contributed by atoms with E-state index in [0.29, 0.717) is 11.8 Å². The third-order valence-corrected chi connectivity index (χ3v) is 3.75. The van der Waals surface area contributed by atoms with E-state index in [1.807, 2.05) is 0 Å². The van der Waals surface area contributed by atoms with Gasteiger partial charge in [0.05, 0.1) is 6.61 Å². The molecule has 1 rings (SSSR count). The Morgan fingerprint density at radius 3 is 2.57 bits per heavy atom. The van der Waals surface area contributed by atoms with Gasteiger partial charge in [0.25, 0.3) is 0 Å². The average Bonchev–Trinajstić information content (AvgIpc) is 2.16. The third kappa shape index (κ3) is 2.60. The fourth-order valence-electron chi connectivity index (χ4n) is 2.79. The first kappa shape index (κ1) is 11.8. The van der Waals surface area contributed by atoms with E-state index in [1.165, 1.54) is 19.3 Å². The van der Waals surface area contributed by atoms with Gasteiger partial charge in [0, 0.05) is 0 Å². The van der Waals surface area contributed by atoms with Crippen LogP contribution in [0.3, 0.4) is 0 Å². The maximum atomic E-state index is 9.15. The monoisotopic (exact) mass is 196 g/mol. The molecule has 1 fully saturated rings. The Morgan fingerprint density at radius 1 is 1.43 bits per heavy atom. The molecule has 0 aromatic carbocycles. The van der Waals surface area contributed by atoms with Crippen LogP contribution in [-0.2, 0) is 0 Å². The predicted octanol–water partition coefficient (Wildman–Crippen LogP) is 3.24. The van der Waals surface area contributed by atoms with E-state index in [1.54, 1.807) is 0 Å². The molecule has 0 aliphatic heterocycles. The maximum Gasteiger partial charge on any atom is 0.0641 e. The van der Waals surface area contributed by atoms with Gasteiger partial charge in [0.15, 0.2) is 0 Å². The second-order valence-electron chi connectivity index (χ2n) is 5.25. The summed E-state index contributed by atoms with van der Waals surface area (Å²) in [7, 11) is 0. The highest BCUT2D eigenvalue weighted by Gasteiger charge is 2.31. The fourth-order valence-corrected chi connectivity index (χ4v) is 2.79. The lowest BCUT2D eigenvalue weighted by Crippen LogP contribution is -2.29. The van der Waals surface area contributed by atoms with Gasteiger partial charge in [-0.25, -0.2) is 0 Å². The molecule has 1 aliphatic rings. The van der Waals surface area contributed by atoms with Crippen molar-refractivity contribution in [2.45, 2.75) is 40.0 Å². The summed E-state index contributed by atoms with van der Waals surface area (Å²) in [6, 6.07) is 0. The van der Waals surface area contributed by atoms with Crippen molar-refractivity contribution in [2.24, 2.45) is 23.7 Å². The van der Waals surface area contributed by atoms with Gasteiger partial charge in [-0.15, -0.1) is 0 Å². The van der Waals surface area contributed by atoms with E-state index in [0.717, 1.165) is 17.4 Å². The van der Waals surface area contributed by atoms with Crippen LogP contribution < -0.4 is 0 Å². The number of aliphatic hydroxyl groups is 1. The molecular formula is C13H24O. The quantitative estimate of drug-likeness (QED) is 0.687. The van der Waals surface area contributed by atoms with E-state index in [-0.39, 0.29) is 6.61 Å². The van der Waals surface area contributed by atoms with E-state index >= 15 is 0 Å². The molecule has 82 valence electrons. The molecule has 0 heterocycles. The van der Waals surface area contributed by atoms with Crippen LogP contribution in [0.5, 0.6) is 0 Å². The van der Waals surface area contributed by atoms with Gasteiger partial charge in [-0.3, -0.25) is 0 Å². The lowest BCUT2D eigenvalue weighted by Gasteiger charge is -2.38. The van der Waals surface area contributed by atoms with Gasteiger partial charge in [0.2, 0.25) is 0 Å². The minimum atomic E-state index is 0.169. The third-order valence-electron chi connectivity index (χ3n) is 3.75. The Morgan fingerprint density at radius 2 is 2.07 bits per heavy atom. The smallest absolute Gasteiger partial charge is 0.0641 e. The number of hydrogen-bond acceptors (Lipinski definition) is 1. The summed E-state index contributed by atoms with van der Waals surface area (Å²) in [5.74, 6) is 2.87. The van der Waals surface area contributed by atoms with Crippen LogP contribution in [0.2, 0.25) is 0 Å². The van der Waals surface area contributed by atoms with Gasteiger partial charge in [-0.2, -0.15) is 0 Å². The van der Waals surface area contributed by atoms with Crippen LogP contribution in [0.15, 0.2) is 12.2 Å². The van der Waals surface area contributed by atoms with Crippen LogP contribution in [0.1, 0.15) is 40.0 Å². The molecule has 0 spiro atoms. The Hall–Kier alpha value is -0.300. The Kier molecular flexibility index (Phi) is 4.18. The van der Waals surface area contributed by atoms with E-state index in [4.69, 9.17) is 5.11 Å². The highest BCUT2D eigenvalue weighted by Crippen LogP contribution is 2.40. The molecule has 0 aromatic rings. The van der Waals surface area contributed by atoms with Crippen LogP contribution in [0.25, 0.3) is 0 Å². The minimum Gasteiger partial charge on any atom is -0.392 e. The van der Waals surface area contributed by atoms with Crippen LogP contribution >= 0.6 is 0 Å². The standard InChI is InChI=1S/C13H24O/c1-9(2)13-7-10(3)5-6-12(13)11(4)8-14/h9-10,12-14H,4-8H2,1-3H3/t10-,12+,13+/m1/s1. The zero-order chi connectivity index (χ0) is 10.7. The normalized spacial score (nSPS) is 33.4. The molecule has 1 aliphatic carbocycles. The molecular weight excluding hydrogens is 172 g/mol. The summed E-state index contributed by atoms with van der Waals surface area (Å²) in [6.45, 7) is 11.1. The van der Waals surface area contributed by atoms with Gasteiger partial charge in [-0.05, 0) is 42.1 Å². The van der Waals surface area contributed by atoms with Crippen molar-refractivity contribution in [3.8, 4) is 0 Å². The van der Waals surface area contributed by atoms with E-state index in [2.05, 4.69) is 27.4 Å². The molecule has 0 saturated heterocycles. The topological polar surface area (TPSA) is 20.2 Å². The van der Waals surface area contributed by atoms with Gasteiger partial charge in [-0.1, -0.05) is 33.8 Å². The summed E-state index contributed by atoms with van der Waals surface area (Å²) >= 11 is 0. The molecule has 1 N–H and O–H groups in total. The summed E-state index contributed by atoms with van der Waals surface area (Å²) < 4.78 is 0. The Bertz CT molecular complexity index is 195. The number of aliphatic hydroxyl groups excluding tert-OH is 1. The Balaban J connectivity index is 2.67. The molecule has 1 nitrogen and oxygen atoms in total.